The molecule has 1 aliphatic carbocycles. The Kier molecular flexibility index (Phi) is 4.05. The fraction of sp³-hybridized carbons (Fsp3) is 0.125. The van der Waals surface area contributed by atoms with E-state index in [1.54, 1.807) is 0 Å². The highest BCUT2D eigenvalue weighted by atomic mass is 32.3. The summed E-state index contributed by atoms with van der Waals surface area (Å²) in [6.07, 6.45) is 4.48. The van der Waals surface area contributed by atoms with Crippen LogP contribution in [-0.2, 0) is 28.1 Å². The topological polar surface area (TPSA) is 88.6 Å². The number of allylic oxidation sites excluding steroid dienone is 5. The van der Waals surface area contributed by atoms with E-state index in [4.69, 9.17) is 0 Å². The second-order valence-electron chi connectivity index (χ2n) is 5.34. The van der Waals surface area contributed by atoms with Crippen LogP contribution in [0.4, 0.5) is 3.89 Å². The summed E-state index contributed by atoms with van der Waals surface area (Å²) in [7, 11) is -4.82. The van der Waals surface area contributed by atoms with E-state index in [-0.39, 0.29) is 11.3 Å². The quantitative estimate of drug-likeness (QED) is 0.338. The van der Waals surface area contributed by atoms with Crippen LogP contribution < -0.4 is 0 Å². The summed E-state index contributed by atoms with van der Waals surface area (Å²) in [5.41, 5.74) is 2.00. The lowest BCUT2D eigenvalue weighted by Crippen LogP contribution is -2.26. The van der Waals surface area contributed by atoms with Crippen molar-refractivity contribution in [2.45, 2.75) is 13.1 Å². The minimum atomic E-state index is -4.82. The van der Waals surface area contributed by atoms with Gasteiger partial charge in [-0.25, -0.2) is 4.21 Å². The molecule has 0 bridgehead atoms. The zero-order valence-electron chi connectivity index (χ0n) is 12.4. The molecule has 1 unspecified atom stereocenters. The third-order valence-electron chi connectivity index (χ3n) is 3.84. The first kappa shape index (κ1) is 16.1. The van der Waals surface area contributed by atoms with Gasteiger partial charge >= 0.3 is 11.6 Å². The number of hydrogen-bond acceptors (Lipinski definition) is 4. The van der Waals surface area contributed by atoms with Gasteiger partial charge in [-0.1, -0.05) is 24.3 Å². The van der Waals surface area contributed by atoms with Gasteiger partial charge < -0.3 is 9.45 Å². The van der Waals surface area contributed by atoms with Crippen LogP contribution in [0.2, 0.25) is 0 Å². The molecule has 2 aliphatic rings. The molecule has 8 heteroatoms. The molecule has 122 valence electrons. The van der Waals surface area contributed by atoms with Crippen molar-refractivity contribution < 1.29 is 17.4 Å². The summed E-state index contributed by atoms with van der Waals surface area (Å²) >= 11 is 0. The Labute approximate surface area is 138 Å². The Bertz CT molecular complexity index is 928. The van der Waals surface area contributed by atoms with Crippen molar-refractivity contribution in [2.75, 3.05) is 0 Å². The van der Waals surface area contributed by atoms with Gasteiger partial charge in [0.25, 0.3) is 0 Å². The van der Waals surface area contributed by atoms with Crippen molar-refractivity contribution in [3.63, 3.8) is 0 Å². The number of diazo groups is 1. The zero-order valence-corrected chi connectivity index (χ0v) is 13.2. The summed E-state index contributed by atoms with van der Waals surface area (Å²) in [6, 6.07) is 7.59. The Morgan fingerprint density at radius 3 is 2.17 bits per heavy atom. The average Bonchev–Trinajstić information content (AvgIpc) is 2.99. The van der Waals surface area contributed by atoms with Crippen molar-refractivity contribution in [3.05, 3.63) is 75.9 Å². The van der Waals surface area contributed by atoms with Crippen LogP contribution in [0.15, 0.2) is 59.8 Å². The number of amides is 1. The number of halogens is 1. The lowest BCUT2D eigenvalue weighted by molar-refractivity contribution is -0.127. The summed E-state index contributed by atoms with van der Waals surface area (Å²) < 4.78 is 34.6. The molecule has 0 saturated carbocycles. The average molecular weight is 345 g/mol. The highest BCUT2D eigenvalue weighted by Crippen LogP contribution is 2.25. The van der Waals surface area contributed by atoms with Gasteiger partial charge in [-0.15, -0.1) is 0 Å². The van der Waals surface area contributed by atoms with E-state index in [9.17, 15) is 22.8 Å². The first-order valence-corrected chi connectivity index (χ1v) is 8.41. The lowest BCUT2D eigenvalue weighted by Gasteiger charge is -2.12. The molecule has 0 fully saturated rings. The maximum absolute atomic E-state index is 12.9. The molecule has 3 rings (SSSR count). The Morgan fingerprint density at radius 1 is 1.17 bits per heavy atom. The molecule has 24 heavy (non-hydrogen) atoms. The number of benzene rings is 1. The van der Waals surface area contributed by atoms with Crippen LogP contribution in [0.3, 0.4) is 0 Å². The minimum absolute atomic E-state index is 0.200. The standard InChI is InChI=1S/C16H12FN3O3S/c17-24(22,23)14-7-5-11(6-8-14)15(19-18)16(21)20-9-12-3-1-2-4-13(12)10-20/h1-8H,9-10H2. The number of carbonyl (C=O) groups is 1. The third-order valence-corrected chi connectivity index (χ3v) is 4.68. The van der Waals surface area contributed by atoms with Crippen LogP contribution in [0.5, 0.6) is 0 Å². The fourth-order valence-electron chi connectivity index (χ4n) is 2.63. The second-order valence-corrected chi connectivity index (χ2v) is 6.69. The molecule has 0 aromatic heterocycles. The molecule has 1 aromatic carbocycles. The predicted molar refractivity (Wildman–Crippen MR) is 86.1 cm³/mol. The van der Waals surface area contributed by atoms with Crippen LogP contribution in [0.25, 0.3) is 4.98 Å². The molecule has 1 heterocycles. The van der Waals surface area contributed by atoms with Gasteiger partial charge in [0.15, 0.2) is 4.98 Å². The summed E-state index contributed by atoms with van der Waals surface area (Å²) in [5.74, 6) is -0.496. The zero-order chi connectivity index (χ0) is 17.3. The highest BCUT2D eigenvalue weighted by Gasteiger charge is 2.34. The molecule has 6 nitrogen and oxygen atoms in total. The first-order chi connectivity index (χ1) is 11.4. The number of hydrogen-bond donors (Lipinski definition) is 0. The largest absolute Gasteiger partial charge is 0.753 e. The van der Waals surface area contributed by atoms with Gasteiger partial charge in [0.2, 0.25) is 5.39 Å². The Morgan fingerprint density at radius 2 is 1.71 bits per heavy atom. The molecule has 0 radical (unpaired) electrons. The molecule has 1 aromatic rings. The van der Waals surface area contributed by atoms with E-state index in [0.717, 1.165) is 23.3 Å². The van der Waals surface area contributed by atoms with E-state index < -0.39 is 21.0 Å². The van der Waals surface area contributed by atoms with Gasteiger partial charge in [0.1, 0.15) is 0 Å². The normalized spacial score (nSPS) is 18.1. The molecular formula is C16H12FN3O3S. The molecule has 1 aliphatic heterocycles. The number of fused-ring (bicyclic) bond motifs is 1. The summed E-state index contributed by atoms with van der Waals surface area (Å²) in [6.45, 7) is 0.788. The fourth-order valence-corrected chi connectivity index (χ4v) is 3.09. The number of nitrogens with zero attached hydrogens (tertiary/aromatic N) is 3. The molecular weight excluding hydrogens is 333 g/mol. The van der Waals surface area contributed by atoms with Crippen molar-refractivity contribution in [1.29, 1.82) is 5.39 Å². The molecule has 1 amide bonds. The number of rotatable bonds is 1. The smallest absolute Gasteiger partial charge is 0.456 e. The van der Waals surface area contributed by atoms with E-state index in [0.29, 0.717) is 13.1 Å². The molecule has 0 N–H and O–H groups in total. The summed E-state index contributed by atoms with van der Waals surface area (Å²) in [5, 5.41) is 9.20. The maximum atomic E-state index is 12.9. The van der Waals surface area contributed by atoms with Crippen LogP contribution >= 0.6 is 0 Å². The van der Waals surface area contributed by atoms with Crippen LogP contribution in [-0.4, -0.2) is 24.4 Å². The van der Waals surface area contributed by atoms with Crippen molar-refractivity contribution in [2.24, 2.45) is 0 Å². The van der Waals surface area contributed by atoms with Gasteiger partial charge in [-0.2, -0.15) is 3.89 Å². The number of carbonyl (C=O) groups excluding carboxylic acids is 1. The SMILES string of the molecule is N#[N+]C(C(=O)N1Cc2ccccc2C1)=C1C=CC(=S(=O)([O-])F)C=C1. The minimum Gasteiger partial charge on any atom is -0.753 e. The lowest BCUT2D eigenvalue weighted by atomic mass is 10.1. The monoisotopic (exact) mass is 345 g/mol. The van der Waals surface area contributed by atoms with Crippen molar-refractivity contribution in [1.82, 2.24) is 4.90 Å². The highest BCUT2D eigenvalue weighted by molar-refractivity contribution is 7.93. The predicted octanol–water partition coefficient (Wildman–Crippen LogP) is 2.23. The first-order valence-electron chi connectivity index (χ1n) is 7.03. The second kappa shape index (κ2) is 6.03. The summed E-state index contributed by atoms with van der Waals surface area (Å²) in [4.78, 5) is 16.6. The van der Waals surface area contributed by atoms with E-state index in [1.165, 1.54) is 17.1 Å². The van der Waals surface area contributed by atoms with Gasteiger partial charge in [0, 0.05) is 18.0 Å². The molecule has 0 saturated heterocycles. The molecule has 1 atom stereocenters. The van der Waals surface area contributed by atoms with Crippen molar-refractivity contribution in [3.8, 4) is 0 Å². The maximum Gasteiger partial charge on any atom is 0.456 e. The van der Waals surface area contributed by atoms with Crippen molar-refractivity contribution >= 4 is 21.0 Å². The van der Waals surface area contributed by atoms with E-state index in [2.05, 4.69) is 4.98 Å². The van der Waals surface area contributed by atoms with Crippen LogP contribution in [0.1, 0.15) is 11.1 Å². The third kappa shape index (κ3) is 2.99. The van der Waals surface area contributed by atoms with E-state index in [1.807, 2.05) is 24.3 Å². The van der Waals surface area contributed by atoms with Gasteiger partial charge in [0.05, 0.1) is 15.8 Å². The van der Waals surface area contributed by atoms with Gasteiger partial charge in [-0.3, -0.25) is 4.79 Å². The molecule has 0 spiro atoms. The Balaban J connectivity index is 1.89. The Hall–Kier alpha value is -2.76. The van der Waals surface area contributed by atoms with Crippen LogP contribution in [0, 0.1) is 5.39 Å². The van der Waals surface area contributed by atoms with E-state index >= 15 is 0 Å². The van der Waals surface area contributed by atoms with Gasteiger partial charge in [-0.05, 0) is 35.4 Å².